The van der Waals surface area contributed by atoms with Crippen LogP contribution in [0.15, 0.2) is 85.1 Å². The SMILES string of the molecule is CCCCC/C=C\C/C=C\C/C=C\C/C=C\CCCCCCCCCCCC(=O)OC(/C=C/CCCCCCCCCCC)C(COP(=O)([O-])OCC[N+](C)(C)C)NC(=O)CCCCCCCCCCCCCCC/C=C\C/C=C\CCCCC. The molecular weight excluding hydrogens is 1070 g/mol. The zero-order chi connectivity index (χ0) is 62.1. The fourth-order valence-corrected chi connectivity index (χ4v) is 11.0. The van der Waals surface area contributed by atoms with Crippen LogP contribution in [-0.4, -0.2) is 69.4 Å². The number of rotatable bonds is 65. The maximum absolute atomic E-state index is 13.6. The number of phosphoric acid groups is 1. The third-order valence-electron chi connectivity index (χ3n) is 15.8. The number of nitrogens with one attached hydrogen (secondary N) is 1. The lowest BCUT2D eigenvalue weighted by Crippen LogP contribution is -2.47. The predicted molar refractivity (Wildman–Crippen MR) is 367 cm³/mol. The van der Waals surface area contributed by atoms with Crippen molar-refractivity contribution in [3.63, 3.8) is 0 Å². The van der Waals surface area contributed by atoms with Crippen molar-refractivity contribution >= 4 is 19.7 Å². The van der Waals surface area contributed by atoms with Crippen LogP contribution in [-0.2, 0) is 27.9 Å². The first-order chi connectivity index (χ1) is 41.4. The summed E-state index contributed by atoms with van der Waals surface area (Å²) >= 11 is 0. The van der Waals surface area contributed by atoms with Gasteiger partial charge in [-0.2, -0.15) is 0 Å². The minimum atomic E-state index is -4.71. The molecule has 0 aliphatic rings. The van der Waals surface area contributed by atoms with E-state index in [-0.39, 0.29) is 24.9 Å². The molecule has 0 saturated carbocycles. The van der Waals surface area contributed by atoms with Gasteiger partial charge >= 0.3 is 5.97 Å². The Bertz CT molecular complexity index is 1730. The van der Waals surface area contributed by atoms with Crippen molar-refractivity contribution in [3.05, 3.63) is 85.1 Å². The molecule has 1 N–H and O–H groups in total. The molecule has 0 aliphatic heterocycles. The van der Waals surface area contributed by atoms with E-state index in [1.807, 2.05) is 33.3 Å². The lowest BCUT2D eigenvalue weighted by Gasteiger charge is -2.30. The average Bonchev–Trinajstić information content (AvgIpc) is 3.58. The average molecular weight is 1210 g/mol. The van der Waals surface area contributed by atoms with Gasteiger partial charge < -0.3 is 28.5 Å². The maximum atomic E-state index is 13.6. The van der Waals surface area contributed by atoms with E-state index in [1.54, 1.807) is 0 Å². The highest BCUT2D eigenvalue weighted by Gasteiger charge is 2.27. The van der Waals surface area contributed by atoms with Gasteiger partial charge in [-0.15, -0.1) is 0 Å². The zero-order valence-corrected chi connectivity index (χ0v) is 57.4. The Morgan fingerprint density at radius 3 is 1.09 bits per heavy atom. The fourth-order valence-electron chi connectivity index (χ4n) is 10.2. The molecule has 0 spiro atoms. The lowest BCUT2D eigenvalue weighted by atomic mass is 10.0. The van der Waals surface area contributed by atoms with E-state index in [9.17, 15) is 19.0 Å². The summed E-state index contributed by atoms with van der Waals surface area (Å²) in [6.45, 7) is 6.81. The summed E-state index contributed by atoms with van der Waals surface area (Å²) in [7, 11) is 1.18. The fraction of sp³-hybridized carbons (Fsp3) is 0.787. The quantitative estimate of drug-likeness (QED) is 0.0212. The number of carbonyl (C=O) groups is 2. The van der Waals surface area contributed by atoms with E-state index < -0.39 is 26.6 Å². The summed E-state index contributed by atoms with van der Waals surface area (Å²) in [5.74, 6) is -0.542. The number of hydrogen-bond acceptors (Lipinski definition) is 7. The monoisotopic (exact) mass is 1210 g/mol. The van der Waals surface area contributed by atoms with Gasteiger partial charge in [0.25, 0.3) is 7.82 Å². The number of phosphoric ester groups is 1. The molecule has 494 valence electrons. The summed E-state index contributed by atoms with van der Waals surface area (Å²) in [5, 5.41) is 3.04. The van der Waals surface area contributed by atoms with Crippen molar-refractivity contribution in [2.75, 3.05) is 40.9 Å². The number of quaternary nitrogens is 1. The Morgan fingerprint density at radius 1 is 0.412 bits per heavy atom. The number of amides is 1. The number of esters is 1. The summed E-state index contributed by atoms with van der Waals surface area (Å²) < 4.78 is 30.4. The molecule has 10 heteroatoms. The number of ether oxygens (including phenoxy) is 1. The topological polar surface area (TPSA) is 114 Å². The van der Waals surface area contributed by atoms with Gasteiger partial charge in [-0.25, -0.2) is 0 Å². The third kappa shape index (κ3) is 65.5. The first kappa shape index (κ1) is 82.2. The molecule has 0 heterocycles. The van der Waals surface area contributed by atoms with Crippen LogP contribution in [0.25, 0.3) is 0 Å². The van der Waals surface area contributed by atoms with Gasteiger partial charge in [0, 0.05) is 12.8 Å². The van der Waals surface area contributed by atoms with Crippen molar-refractivity contribution in [2.45, 2.75) is 341 Å². The lowest BCUT2D eigenvalue weighted by molar-refractivity contribution is -0.870. The molecule has 0 aromatic carbocycles. The van der Waals surface area contributed by atoms with Gasteiger partial charge in [-0.05, 0) is 109 Å². The van der Waals surface area contributed by atoms with Crippen LogP contribution in [0.3, 0.4) is 0 Å². The normalized spacial score (nSPS) is 14.0. The van der Waals surface area contributed by atoms with Crippen LogP contribution in [0.4, 0.5) is 0 Å². The van der Waals surface area contributed by atoms with Crippen LogP contribution < -0.4 is 10.2 Å². The van der Waals surface area contributed by atoms with Gasteiger partial charge in [0.2, 0.25) is 5.91 Å². The van der Waals surface area contributed by atoms with E-state index in [4.69, 9.17) is 13.8 Å². The molecule has 0 aromatic rings. The molecule has 1 amide bonds. The minimum absolute atomic E-state index is 0.0256. The number of hydrogen-bond donors (Lipinski definition) is 1. The number of allylic oxidation sites excluding steroid dienone is 13. The van der Waals surface area contributed by atoms with E-state index in [2.05, 4.69) is 99.0 Å². The second-order valence-electron chi connectivity index (χ2n) is 25.4. The Kier molecular flexibility index (Phi) is 62.1. The van der Waals surface area contributed by atoms with Crippen molar-refractivity contribution in [2.24, 2.45) is 0 Å². The number of unbranched alkanes of at least 4 members (excludes halogenated alkanes) is 37. The summed E-state index contributed by atoms with van der Waals surface area (Å²) in [5.41, 5.74) is 0. The summed E-state index contributed by atoms with van der Waals surface area (Å²) in [6, 6.07) is -0.895. The zero-order valence-electron chi connectivity index (χ0n) is 56.6. The second-order valence-corrected chi connectivity index (χ2v) is 26.8. The molecule has 0 radical (unpaired) electrons. The minimum Gasteiger partial charge on any atom is -0.756 e. The molecule has 0 fully saturated rings. The van der Waals surface area contributed by atoms with Crippen LogP contribution in [0.1, 0.15) is 329 Å². The largest absolute Gasteiger partial charge is 0.756 e. The first-order valence-corrected chi connectivity index (χ1v) is 37.4. The van der Waals surface area contributed by atoms with Crippen molar-refractivity contribution < 1.29 is 37.3 Å². The Balaban J connectivity index is 5.03. The molecular formula is C75H137N2O7P. The third-order valence-corrected chi connectivity index (χ3v) is 16.8. The Morgan fingerprint density at radius 2 is 0.718 bits per heavy atom. The number of carbonyl (C=O) groups excluding carboxylic acids is 2. The number of nitrogens with zero attached hydrogens (tertiary/aromatic N) is 1. The van der Waals surface area contributed by atoms with Crippen LogP contribution in [0, 0.1) is 0 Å². The summed E-state index contributed by atoms with van der Waals surface area (Å²) in [4.78, 5) is 40.2. The van der Waals surface area contributed by atoms with Crippen LogP contribution in [0.2, 0.25) is 0 Å². The number of likely N-dealkylation sites (N-methyl/N-ethyl adjacent to an activating group) is 1. The summed E-state index contributed by atoms with van der Waals surface area (Å²) in [6.07, 6.45) is 85.6. The van der Waals surface area contributed by atoms with Crippen molar-refractivity contribution in [3.8, 4) is 0 Å². The highest BCUT2D eigenvalue weighted by atomic mass is 31.2. The standard InChI is InChI=1S/C75H137N2O7P/c1-7-10-13-16-19-22-25-27-29-31-33-35-37-38-40-42-44-46-48-50-53-56-59-62-65-68-75(79)84-73(66-63-60-57-54-51-24-21-18-15-12-9-3)72(71-83-85(80,81)82-70-69-77(4,5)6)76-74(78)67-64-61-58-55-52-49-47-45-43-41-39-36-34-32-30-28-26-23-20-17-14-11-8-2/h19-20,22-23,27-30,33,35,38,40,63,66,72-73H,7-18,21,24-26,31-32,34,36-37,39,41-62,64-65,67-71H2,1-6H3,(H-,76,78,80,81)/b22-19-,23-20-,29-27-,30-28-,35-33-,40-38-,66-63+. The van der Waals surface area contributed by atoms with Gasteiger partial charge in [0.05, 0.1) is 33.8 Å². The second kappa shape index (κ2) is 64.2. The van der Waals surface area contributed by atoms with Gasteiger partial charge in [-0.3, -0.25) is 14.2 Å². The molecule has 0 aliphatic carbocycles. The molecule has 3 unspecified atom stereocenters. The Labute approximate surface area is 526 Å². The molecule has 9 nitrogen and oxygen atoms in total. The highest BCUT2D eigenvalue weighted by molar-refractivity contribution is 7.45. The van der Waals surface area contributed by atoms with Crippen LogP contribution in [0.5, 0.6) is 0 Å². The van der Waals surface area contributed by atoms with E-state index in [1.165, 1.54) is 199 Å². The Hall–Kier alpha value is -2.81. The van der Waals surface area contributed by atoms with E-state index in [0.717, 1.165) is 96.3 Å². The molecule has 0 bridgehead atoms. The van der Waals surface area contributed by atoms with Crippen molar-refractivity contribution in [1.82, 2.24) is 5.32 Å². The van der Waals surface area contributed by atoms with Crippen LogP contribution >= 0.6 is 7.82 Å². The van der Waals surface area contributed by atoms with Gasteiger partial charge in [-0.1, -0.05) is 292 Å². The van der Waals surface area contributed by atoms with E-state index in [0.29, 0.717) is 17.4 Å². The molecule has 0 saturated heterocycles. The van der Waals surface area contributed by atoms with E-state index >= 15 is 0 Å². The molecule has 0 rings (SSSR count). The highest BCUT2D eigenvalue weighted by Crippen LogP contribution is 2.38. The van der Waals surface area contributed by atoms with Gasteiger partial charge in [0.1, 0.15) is 19.3 Å². The predicted octanol–water partition coefficient (Wildman–Crippen LogP) is 22.3. The smallest absolute Gasteiger partial charge is 0.306 e. The van der Waals surface area contributed by atoms with Gasteiger partial charge in [0.15, 0.2) is 0 Å². The molecule has 3 atom stereocenters. The molecule has 0 aromatic heterocycles. The molecule has 85 heavy (non-hydrogen) atoms. The maximum Gasteiger partial charge on any atom is 0.306 e. The van der Waals surface area contributed by atoms with Crippen molar-refractivity contribution in [1.29, 1.82) is 0 Å². The first-order valence-electron chi connectivity index (χ1n) is 35.9.